The van der Waals surface area contributed by atoms with Crippen molar-refractivity contribution in [2.45, 2.75) is 63.7 Å². The summed E-state index contributed by atoms with van der Waals surface area (Å²) in [6, 6.07) is 15.1. The first-order valence-corrected chi connectivity index (χ1v) is 11.4. The van der Waals surface area contributed by atoms with E-state index in [2.05, 4.69) is 5.32 Å². The van der Waals surface area contributed by atoms with E-state index in [0.29, 0.717) is 12.1 Å². The van der Waals surface area contributed by atoms with Gasteiger partial charge in [0.2, 0.25) is 5.91 Å². The summed E-state index contributed by atoms with van der Waals surface area (Å²) in [4.78, 5) is 37.7. The standard InChI is InChI=1S/C25H29NO3S/c1-18(27)15-19-9-8-10-20(16-19)17-23(28)30-22-12-5-4-11-21(22)26-24(29)25(2)13-6-3-7-14-25/h4-5,8-12,16H,3,6-7,13-15,17H2,1-2H3,(H,26,29). The van der Waals surface area contributed by atoms with Gasteiger partial charge in [0.15, 0.2) is 5.12 Å². The number of hydrogen-bond donors (Lipinski definition) is 1. The molecular formula is C25H29NO3S. The summed E-state index contributed by atoms with van der Waals surface area (Å²) < 4.78 is 0. The number of Topliss-reactive ketones (excluding diaryl/α,β-unsaturated/α-hetero) is 1. The number of anilines is 1. The van der Waals surface area contributed by atoms with Gasteiger partial charge in [0, 0.05) is 23.2 Å². The van der Waals surface area contributed by atoms with Gasteiger partial charge < -0.3 is 5.32 Å². The first kappa shape index (κ1) is 22.3. The Morgan fingerprint density at radius 1 is 0.933 bits per heavy atom. The number of amides is 1. The summed E-state index contributed by atoms with van der Waals surface area (Å²) in [6.07, 6.45) is 5.83. The molecule has 0 atom stereocenters. The van der Waals surface area contributed by atoms with Crippen molar-refractivity contribution in [2.75, 3.05) is 5.32 Å². The highest BCUT2D eigenvalue weighted by atomic mass is 32.2. The molecule has 3 rings (SSSR count). The minimum atomic E-state index is -0.336. The van der Waals surface area contributed by atoms with E-state index in [-0.39, 0.29) is 28.6 Å². The maximum atomic E-state index is 12.9. The van der Waals surface area contributed by atoms with Crippen LogP contribution in [-0.4, -0.2) is 16.8 Å². The molecule has 1 fully saturated rings. The third-order valence-electron chi connectivity index (χ3n) is 5.66. The zero-order valence-corrected chi connectivity index (χ0v) is 18.5. The van der Waals surface area contributed by atoms with Crippen LogP contribution in [0.25, 0.3) is 0 Å². The Hall–Kier alpha value is -2.40. The fourth-order valence-electron chi connectivity index (χ4n) is 3.95. The Balaban J connectivity index is 1.66. The third-order valence-corrected chi connectivity index (χ3v) is 6.61. The van der Waals surface area contributed by atoms with Crippen molar-refractivity contribution in [1.82, 2.24) is 0 Å². The van der Waals surface area contributed by atoms with Crippen LogP contribution in [0.1, 0.15) is 57.1 Å². The van der Waals surface area contributed by atoms with E-state index in [1.807, 2.05) is 55.5 Å². The van der Waals surface area contributed by atoms with Crippen LogP contribution in [-0.2, 0) is 27.2 Å². The van der Waals surface area contributed by atoms with Crippen LogP contribution < -0.4 is 5.32 Å². The van der Waals surface area contributed by atoms with Crippen LogP contribution >= 0.6 is 11.8 Å². The van der Waals surface area contributed by atoms with E-state index < -0.39 is 0 Å². The highest BCUT2D eigenvalue weighted by Crippen LogP contribution is 2.38. The molecule has 0 aromatic heterocycles. The SMILES string of the molecule is CC(=O)Cc1cccc(CC(=O)Sc2ccccc2NC(=O)C2(C)CCCCC2)c1. The number of benzene rings is 2. The second-order valence-electron chi connectivity index (χ2n) is 8.42. The lowest BCUT2D eigenvalue weighted by molar-refractivity contribution is -0.126. The monoisotopic (exact) mass is 423 g/mol. The van der Waals surface area contributed by atoms with Crippen molar-refractivity contribution >= 4 is 34.3 Å². The Labute approximate surface area is 182 Å². The van der Waals surface area contributed by atoms with Gasteiger partial charge in [0.25, 0.3) is 0 Å². The van der Waals surface area contributed by atoms with E-state index in [1.165, 1.54) is 6.42 Å². The Kier molecular flexibility index (Phi) is 7.48. The van der Waals surface area contributed by atoms with Crippen molar-refractivity contribution < 1.29 is 14.4 Å². The summed E-state index contributed by atoms with van der Waals surface area (Å²) in [5.74, 6) is 0.142. The van der Waals surface area contributed by atoms with Crippen LogP contribution in [0.3, 0.4) is 0 Å². The van der Waals surface area contributed by atoms with E-state index in [9.17, 15) is 14.4 Å². The van der Waals surface area contributed by atoms with E-state index in [1.54, 1.807) is 6.92 Å². The average Bonchev–Trinajstić information content (AvgIpc) is 2.69. The molecule has 0 unspecified atom stereocenters. The van der Waals surface area contributed by atoms with Gasteiger partial charge in [-0.1, -0.05) is 62.6 Å². The lowest BCUT2D eigenvalue weighted by atomic mass is 9.75. The fourth-order valence-corrected chi connectivity index (χ4v) is 4.81. The highest BCUT2D eigenvalue weighted by Gasteiger charge is 2.34. The first-order valence-electron chi connectivity index (χ1n) is 10.5. The fraction of sp³-hybridized carbons (Fsp3) is 0.400. The quantitative estimate of drug-likeness (QED) is 0.590. The van der Waals surface area contributed by atoms with E-state index >= 15 is 0 Å². The normalized spacial score (nSPS) is 15.4. The summed E-state index contributed by atoms with van der Waals surface area (Å²) >= 11 is 1.15. The molecule has 1 saturated carbocycles. The molecule has 30 heavy (non-hydrogen) atoms. The molecule has 4 nitrogen and oxygen atoms in total. The van der Waals surface area contributed by atoms with Crippen LogP contribution in [0.4, 0.5) is 5.69 Å². The number of rotatable bonds is 7. The predicted octanol–water partition coefficient (Wildman–Crippen LogP) is 5.59. The maximum Gasteiger partial charge on any atom is 0.230 e. The van der Waals surface area contributed by atoms with Crippen molar-refractivity contribution in [3.63, 3.8) is 0 Å². The topological polar surface area (TPSA) is 63.2 Å². The molecule has 5 heteroatoms. The largest absolute Gasteiger partial charge is 0.325 e. The Morgan fingerprint density at radius 3 is 2.30 bits per heavy atom. The van der Waals surface area contributed by atoms with Gasteiger partial charge in [-0.25, -0.2) is 0 Å². The summed E-state index contributed by atoms with van der Waals surface area (Å²) in [6.45, 7) is 3.60. The lowest BCUT2D eigenvalue weighted by Gasteiger charge is -2.32. The predicted molar refractivity (Wildman–Crippen MR) is 122 cm³/mol. The molecule has 0 saturated heterocycles. The third kappa shape index (κ3) is 6.05. The van der Waals surface area contributed by atoms with Gasteiger partial charge in [0.1, 0.15) is 5.78 Å². The number of carbonyl (C=O) groups excluding carboxylic acids is 3. The average molecular weight is 424 g/mol. The molecule has 1 aliphatic rings. The molecule has 0 bridgehead atoms. The molecule has 2 aromatic carbocycles. The van der Waals surface area contributed by atoms with Crippen molar-refractivity contribution in [1.29, 1.82) is 0 Å². The lowest BCUT2D eigenvalue weighted by Crippen LogP contribution is -2.35. The van der Waals surface area contributed by atoms with E-state index in [0.717, 1.165) is 53.5 Å². The number of hydrogen-bond acceptors (Lipinski definition) is 4. The molecule has 0 spiro atoms. The van der Waals surface area contributed by atoms with Gasteiger partial charge in [-0.15, -0.1) is 0 Å². The highest BCUT2D eigenvalue weighted by molar-refractivity contribution is 8.13. The summed E-state index contributed by atoms with van der Waals surface area (Å²) in [5, 5.41) is 3.07. The van der Waals surface area contributed by atoms with Gasteiger partial charge >= 0.3 is 0 Å². The smallest absolute Gasteiger partial charge is 0.230 e. The Bertz CT molecular complexity index is 931. The van der Waals surface area contributed by atoms with Gasteiger partial charge in [-0.2, -0.15) is 0 Å². The van der Waals surface area contributed by atoms with Crippen molar-refractivity contribution in [3.05, 3.63) is 59.7 Å². The molecule has 2 aromatic rings. The van der Waals surface area contributed by atoms with E-state index in [4.69, 9.17) is 0 Å². The molecule has 158 valence electrons. The maximum absolute atomic E-state index is 12.9. The molecular weight excluding hydrogens is 394 g/mol. The van der Waals surface area contributed by atoms with Gasteiger partial charge in [-0.05, 0) is 54.8 Å². The number of carbonyl (C=O) groups is 3. The number of nitrogens with one attached hydrogen (secondary N) is 1. The summed E-state index contributed by atoms with van der Waals surface area (Å²) in [5.41, 5.74) is 2.17. The molecule has 0 heterocycles. The van der Waals surface area contributed by atoms with Crippen LogP contribution in [0.2, 0.25) is 0 Å². The minimum absolute atomic E-state index is 0.000511. The zero-order valence-electron chi connectivity index (χ0n) is 17.7. The van der Waals surface area contributed by atoms with Crippen molar-refractivity contribution in [3.8, 4) is 0 Å². The molecule has 1 aliphatic carbocycles. The molecule has 1 amide bonds. The van der Waals surface area contributed by atoms with Crippen LogP contribution in [0.5, 0.6) is 0 Å². The van der Waals surface area contributed by atoms with Gasteiger partial charge in [-0.3, -0.25) is 14.4 Å². The summed E-state index contributed by atoms with van der Waals surface area (Å²) in [7, 11) is 0. The Morgan fingerprint density at radius 2 is 1.60 bits per heavy atom. The first-order chi connectivity index (χ1) is 14.4. The zero-order chi connectivity index (χ0) is 21.6. The second kappa shape index (κ2) is 10.1. The second-order valence-corrected chi connectivity index (χ2v) is 9.52. The number of thioether (sulfide) groups is 1. The molecule has 0 aliphatic heterocycles. The minimum Gasteiger partial charge on any atom is -0.325 e. The van der Waals surface area contributed by atoms with Gasteiger partial charge in [0.05, 0.1) is 5.69 Å². The van der Waals surface area contributed by atoms with Crippen LogP contribution in [0.15, 0.2) is 53.4 Å². The van der Waals surface area contributed by atoms with Crippen molar-refractivity contribution in [2.24, 2.45) is 5.41 Å². The number of para-hydroxylation sites is 1. The van der Waals surface area contributed by atoms with Crippen LogP contribution in [0, 0.1) is 5.41 Å². The molecule has 1 N–H and O–H groups in total. The number of ketones is 1. The molecule has 0 radical (unpaired) electrons.